The van der Waals surface area contributed by atoms with Crippen LogP contribution in [0.2, 0.25) is 0 Å². The maximum absolute atomic E-state index is 11.6. The second-order valence-electron chi connectivity index (χ2n) is 7.09. The SMILES string of the molecule is CN1CC(OCC2CCCS2)CC(c2ccc(S(C)(=O)=O)cc2)C1. The highest BCUT2D eigenvalue weighted by Gasteiger charge is 2.28. The molecule has 2 heterocycles. The Labute approximate surface area is 149 Å². The molecule has 0 spiro atoms. The predicted molar refractivity (Wildman–Crippen MR) is 99.6 cm³/mol. The van der Waals surface area contributed by atoms with Gasteiger partial charge in [-0.3, -0.25) is 0 Å². The van der Waals surface area contributed by atoms with Crippen molar-refractivity contribution in [1.29, 1.82) is 0 Å². The van der Waals surface area contributed by atoms with Gasteiger partial charge in [-0.05, 0) is 55.7 Å². The summed E-state index contributed by atoms with van der Waals surface area (Å²) in [7, 11) is -0.991. The topological polar surface area (TPSA) is 46.6 Å². The van der Waals surface area contributed by atoms with Gasteiger partial charge in [-0.25, -0.2) is 8.42 Å². The van der Waals surface area contributed by atoms with Crippen LogP contribution < -0.4 is 0 Å². The summed E-state index contributed by atoms with van der Waals surface area (Å²) in [6.45, 7) is 2.84. The van der Waals surface area contributed by atoms with Crippen LogP contribution in [0.4, 0.5) is 0 Å². The zero-order chi connectivity index (χ0) is 17.2. The summed E-state index contributed by atoms with van der Waals surface area (Å²) in [5.74, 6) is 1.67. The smallest absolute Gasteiger partial charge is 0.175 e. The number of rotatable bonds is 5. The zero-order valence-corrected chi connectivity index (χ0v) is 16.1. The standard InChI is InChI=1S/C18H27NO3S2/c1-19-11-15(14-5-7-18(8-6-14)24(2,20)21)10-16(12-19)22-13-17-4-3-9-23-17/h5-8,15-17H,3-4,9-13H2,1-2H3. The van der Waals surface area contributed by atoms with E-state index in [-0.39, 0.29) is 6.10 Å². The van der Waals surface area contributed by atoms with Crippen molar-refractivity contribution in [3.05, 3.63) is 29.8 Å². The summed E-state index contributed by atoms with van der Waals surface area (Å²) in [5, 5.41) is 0.671. The van der Waals surface area contributed by atoms with Crippen molar-refractivity contribution in [3.8, 4) is 0 Å². The molecule has 0 bridgehead atoms. The van der Waals surface area contributed by atoms with Crippen LogP contribution in [0, 0.1) is 0 Å². The van der Waals surface area contributed by atoms with Crippen molar-refractivity contribution in [2.75, 3.05) is 38.8 Å². The minimum atomic E-state index is -3.13. The van der Waals surface area contributed by atoms with E-state index in [2.05, 4.69) is 11.9 Å². The third kappa shape index (κ3) is 4.75. The number of ether oxygens (including phenoxy) is 1. The van der Waals surface area contributed by atoms with Gasteiger partial charge in [-0.15, -0.1) is 0 Å². The van der Waals surface area contributed by atoms with Gasteiger partial charge in [-0.2, -0.15) is 11.8 Å². The lowest BCUT2D eigenvalue weighted by Gasteiger charge is -2.36. The molecule has 1 aromatic carbocycles. The third-order valence-electron chi connectivity index (χ3n) is 4.92. The maximum Gasteiger partial charge on any atom is 0.175 e. The van der Waals surface area contributed by atoms with E-state index in [1.165, 1.54) is 30.4 Å². The largest absolute Gasteiger partial charge is 0.376 e. The fourth-order valence-electron chi connectivity index (χ4n) is 3.63. The molecule has 0 aromatic heterocycles. The number of sulfone groups is 1. The Morgan fingerprint density at radius 2 is 2.00 bits per heavy atom. The number of piperidine rings is 1. The number of likely N-dealkylation sites (tertiary alicyclic amines) is 1. The van der Waals surface area contributed by atoms with Crippen LogP contribution in [-0.2, 0) is 14.6 Å². The Bertz CT molecular complexity index is 639. The molecule has 134 valence electrons. The normalized spacial score (nSPS) is 29.0. The van der Waals surface area contributed by atoms with Gasteiger partial charge in [-0.1, -0.05) is 12.1 Å². The molecular formula is C18H27NO3S2. The van der Waals surface area contributed by atoms with E-state index < -0.39 is 9.84 Å². The molecule has 2 aliphatic heterocycles. The Kier molecular flexibility index (Phi) is 5.90. The molecule has 2 fully saturated rings. The highest BCUT2D eigenvalue weighted by Crippen LogP contribution is 2.31. The van der Waals surface area contributed by atoms with Gasteiger partial charge in [0.2, 0.25) is 0 Å². The molecule has 4 nitrogen and oxygen atoms in total. The minimum absolute atomic E-state index is 0.268. The highest BCUT2D eigenvalue weighted by molar-refractivity contribution is 8.00. The van der Waals surface area contributed by atoms with Gasteiger partial charge in [0.15, 0.2) is 9.84 Å². The predicted octanol–water partition coefficient (Wildman–Crippen LogP) is 2.79. The Hall–Kier alpha value is -0.560. The first-order chi connectivity index (χ1) is 11.4. The van der Waals surface area contributed by atoms with E-state index in [1.807, 2.05) is 23.9 Å². The number of hydrogen-bond donors (Lipinski definition) is 0. The van der Waals surface area contributed by atoms with Crippen LogP contribution >= 0.6 is 11.8 Å². The van der Waals surface area contributed by atoms with E-state index in [1.54, 1.807) is 12.1 Å². The maximum atomic E-state index is 11.6. The highest BCUT2D eigenvalue weighted by atomic mass is 32.2. The molecule has 24 heavy (non-hydrogen) atoms. The first-order valence-electron chi connectivity index (χ1n) is 8.63. The molecule has 3 rings (SSSR count). The number of likely N-dealkylation sites (N-methyl/N-ethyl adjacent to an activating group) is 1. The molecule has 0 N–H and O–H groups in total. The summed E-state index contributed by atoms with van der Waals surface area (Å²) < 4.78 is 29.4. The minimum Gasteiger partial charge on any atom is -0.376 e. The van der Waals surface area contributed by atoms with Gasteiger partial charge >= 0.3 is 0 Å². The monoisotopic (exact) mass is 369 g/mol. The van der Waals surface area contributed by atoms with E-state index in [0.717, 1.165) is 26.1 Å². The van der Waals surface area contributed by atoms with E-state index in [9.17, 15) is 8.42 Å². The number of thioether (sulfide) groups is 1. The Morgan fingerprint density at radius 1 is 1.25 bits per heavy atom. The number of nitrogens with zero attached hydrogens (tertiary/aromatic N) is 1. The molecular weight excluding hydrogens is 342 g/mol. The summed E-state index contributed by atoms with van der Waals surface area (Å²) in [5.41, 5.74) is 1.21. The summed E-state index contributed by atoms with van der Waals surface area (Å²) >= 11 is 2.04. The average Bonchev–Trinajstić information content (AvgIpc) is 3.05. The lowest BCUT2D eigenvalue weighted by molar-refractivity contribution is 0.000123. The zero-order valence-electron chi connectivity index (χ0n) is 14.5. The van der Waals surface area contributed by atoms with Crippen molar-refractivity contribution in [2.45, 2.75) is 41.4 Å². The van der Waals surface area contributed by atoms with Crippen molar-refractivity contribution in [3.63, 3.8) is 0 Å². The lowest BCUT2D eigenvalue weighted by Crippen LogP contribution is -2.41. The van der Waals surface area contributed by atoms with Crippen LogP contribution in [0.3, 0.4) is 0 Å². The Morgan fingerprint density at radius 3 is 2.62 bits per heavy atom. The average molecular weight is 370 g/mol. The number of hydrogen-bond acceptors (Lipinski definition) is 5. The van der Waals surface area contributed by atoms with Crippen LogP contribution in [-0.4, -0.2) is 63.4 Å². The summed E-state index contributed by atoms with van der Waals surface area (Å²) in [4.78, 5) is 2.71. The van der Waals surface area contributed by atoms with Crippen molar-refractivity contribution in [1.82, 2.24) is 4.90 Å². The van der Waals surface area contributed by atoms with Crippen molar-refractivity contribution < 1.29 is 13.2 Å². The van der Waals surface area contributed by atoms with Crippen molar-refractivity contribution >= 4 is 21.6 Å². The molecule has 2 saturated heterocycles. The Balaban J connectivity index is 1.62. The van der Waals surface area contributed by atoms with Crippen LogP contribution in [0.15, 0.2) is 29.2 Å². The third-order valence-corrected chi connectivity index (χ3v) is 7.41. The molecule has 1 aromatic rings. The molecule has 0 saturated carbocycles. The summed E-state index contributed by atoms with van der Waals surface area (Å²) in [6, 6.07) is 7.38. The van der Waals surface area contributed by atoms with Gasteiger partial charge in [0.05, 0.1) is 17.6 Å². The van der Waals surface area contributed by atoms with Crippen LogP contribution in [0.5, 0.6) is 0 Å². The molecule has 3 atom stereocenters. The second-order valence-corrected chi connectivity index (χ2v) is 10.5. The first-order valence-corrected chi connectivity index (χ1v) is 11.6. The van der Waals surface area contributed by atoms with E-state index in [4.69, 9.17) is 4.74 Å². The van der Waals surface area contributed by atoms with E-state index >= 15 is 0 Å². The fraction of sp³-hybridized carbons (Fsp3) is 0.667. The van der Waals surface area contributed by atoms with Crippen LogP contribution in [0.1, 0.15) is 30.7 Å². The lowest BCUT2D eigenvalue weighted by atomic mass is 9.89. The fourth-order valence-corrected chi connectivity index (χ4v) is 5.44. The van der Waals surface area contributed by atoms with Gasteiger partial charge < -0.3 is 9.64 Å². The van der Waals surface area contributed by atoms with Gasteiger partial charge in [0.25, 0.3) is 0 Å². The van der Waals surface area contributed by atoms with E-state index in [0.29, 0.717) is 16.1 Å². The summed E-state index contributed by atoms with van der Waals surface area (Å²) in [6.07, 6.45) is 5.13. The molecule has 0 radical (unpaired) electrons. The number of benzene rings is 1. The second kappa shape index (κ2) is 7.77. The van der Waals surface area contributed by atoms with Crippen LogP contribution in [0.25, 0.3) is 0 Å². The quantitative estimate of drug-likeness (QED) is 0.799. The molecule has 6 heteroatoms. The molecule has 0 amide bonds. The van der Waals surface area contributed by atoms with Gasteiger partial charge in [0, 0.05) is 24.6 Å². The molecule has 0 aliphatic carbocycles. The molecule has 2 aliphatic rings. The van der Waals surface area contributed by atoms with Gasteiger partial charge in [0.1, 0.15) is 0 Å². The molecule has 3 unspecified atom stereocenters. The first kappa shape index (κ1) is 18.2. The van der Waals surface area contributed by atoms with Crippen molar-refractivity contribution in [2.24, 2.45) is 0 Å².